The monoisotopic (exact) mass is 270 g/mol. The molecule has 0 spiro atoms. The van der Waals surface area contributed by atoms with E-state index in [0.29, 0.717) is 6.42 Å². The van der Waals surface area contributed by atoms with E-state index in [1.807, 2.05) is 13.8 Å². The van der Waals surface area contributed by atoms with E-state index in [4.69, 9.17) is 5.11 Å². The molecule has 1 aliphatic heterocycles. The number of nitrogens with zero attached hydrogens (tertiary/aromatic N) is 1. The van der Waals surface area contributed by atoms with Gasteiger partial charge in [0.15, 0.2) is 0 Å². The molecule has 1 aliphatic rings. The Morgan fingerprint density at radius 2 is 2.11 bits per heavy atom. The molecule has 0 aromatic rings. The molecule has 110 valence electrons. The Hall–Kier alpha value is -1.10. The average molecular weight is 270 g/mol. The van der Waals surface area contributed by atoms with Gasteiger partial charge in [-0.15, -0.1) is 0 Å². The summed E-state index contributed by atoms with van der Waals surface area (Å²) >= 11 is 0. The smallest absolute Gasteiger partial charge is 0.326 e. The van der Waals surface area contributed by atoms with Gasteiger partial charge in [0.05, 0.1) is 6.04 Å². The molecule has 1 amide bonds. The zero-order valence-corrected chi connectivity index (χ0v) is 12.2. The minimum atomic E-state index is -0.943. The molecule has 1 unspecified atom stereocenters. The predicted octanol–water partition coefficient (Wildman–Crippen LogP) is 1.48. The molecule has 5 heteroatoms. The molecule has 1 rings (SSSR count). The average Bonchev–Trinajstić information content (AvgIpc) is 2.76. The number of aliphatic carboxylic acids is 1. The number of carboxylic acids is 1. The van der Waals surface area contributed by atoms with Crippen molar-refractivity contribution in [3.05, 3.63) is 0 Å². The maximum absolute atomic E-state index is 12.2. The molecule has 0 saturated carbocycles. The van der Waals surface area contributed by atoms with E-state index in [1.54, 1.807) is 0 Å². The predicted molar refractivity (Wildman–Crippen MR) is 73.9 cm³/mol. The Labute approximate surface area is 115 Å². The van der Waals surface area contributed by atoms with E-state index in [2.05, 4.69) is 17.1 Å². The van der Waals surface area contributed by atoms with Crippen LogP contribution < -0.4 is 5.32 Å². The molecule has 2 N–H and O–H groups in total. The lowest BCUT2D eigenvalue weighted by Gasteiger charge is -2.25. The number of carbonyl (C=O) groups is 2. The Balaban J connectivity index is 2.58. The number of likely N-dealkylation sites (tertiary alicyclic amines) is 1. The van der Waals surface area contributed by atoms with Crippen LogP contribution in [0.25, 0.3) is 0 Å². The minimum absolute atomic E-state index is 0.126. The van der Waals surface area contributed by atoms with Gasteiger partial charge in [0, 0.05) is 0 Å². The second-order valence-corrected chi connectivity index (χ2v) is 5.72. The number of rotatable bonds is 7. The number of nitrogens with one attached hydrogen (secondary N) is 1. The Kier molecular flexibility index (Phi) is 6.28. The molecule has 0 aliphatic carbocycles. The number of hydrogen-bond donors (Lipinski definition) is 2. The summed E-state index contributed by atoms with van der Waals surface area (Å²) in [5, 5.41) is 11.9. The topological polar surface area (TPSA) is 69.6 Å². The highest BCUT2D eigenvalue weighted by Gasteiger charge is 2.32. The van der Waals surface area contributed by atoms with E-state index in [9.17, 15) is 9.59 Å². The third kappa shape index (κ3) is 4.82. The van der Waals surface area contributed by atoms with Crippen molar-refractivity contribution >= 4 is 11.9 Å². The van der Waals surface area contributed by atoms with Crippen molar-refractivity contribution in [2.45, 2.75) is 58.5 Å². The van der Waals surface area contributed by atoms with Gasteiger partial charge < -0.3 is 10.4 Å². The van der Waals surface area contributed by atoms with E-state index in [0.717, 1.165) is 32.4 Å². The molecule has 19 heavy (non-hydrogen) atoms. The Morgan fingerprint density at radius 1 is 1.42 bits per heavy atom. The Morgan fingerprint density at radius 3 is 2.63 bits per heavy atom. The first-order chi connectivity index (χ1) is 8.95. The molecule has 0 radical (unpaired) electrons. The zero-order chi connectivity index (χ0) is 14.4. The highest BCUT2D eigenvalue weighted by molar-refractivity contribution is 5.87. The summed E-state index contributed by atoms with van der Waals surface area (Å²) in [5.74, 6) is -0.821. The minimum Gasteiger partial charge on any atom is -0.480 e. The van der Waals surface area contributed by atoms with Crippen LogP contribution in [-0.4, -0.2) is 47.1 Å². The lowest BCUT2D eigenvalue weighted by molar-refractivity contribution is -0.143. The molecule has 1 saturated heterocycles. The van der Waals surface area contributed by atoms with Gasteiger partial charge in [-0.2, -0.15) is 0 Å². The fraction of sp³-hybridized carbons (Fsp3) is 0.857. The molecular weight excluding hydrogens is 244 g/mol. The van der Waals surface area contributed by atoms with E-state index in [-0.39, 0.29) is 17.9 Å². The van der Waals surface area contributed by atoms with E-state index < -0.39 is 12.0 Å². The summed E-state index contributed by atoms with van der Waals surface area (Å²) in [4.78, 5) is 25.5. The first-order valence-electron chi connectivity index (χ1n) is 7.23. The highest BCUT2D eigenvalue weighted by Crippen LogP contribution is 2.18. The van der Waals surface area contributed by atoms with Gasteiger partial charge in [-0.25, -0.2) is 4.79 Å². The first-order valence-corrected chi connectivity index (χ1v) is 7.23. The van der Waals surface area contributed by atoms with Crippen molar-refractivity contribution in [1.82, 2.24) is 10.2 Å². The van der Waals surface area contributed by atoms with Gasteiger partial charge in [-0.05, 0) is 44.7 Å². The standard InChI is InChI=1S/C14H26N2O3/c1-4-7-16-8-5-6-12(16)13(17)15-11(14(18)19)9-10(2)3/h10-12H,4-9H2,1-3H3,(H,15,17)(H,18,19)/t11-,12?/m1/s1. The quantitative estimate of drug-likeness (QED) is 0.735. The SMILES string of the molecule is CCCN1CCCC1C(=O)N[C@H](CC(C)C)C(=O)O. The van der Waals surface area contributed by atoms with Gasteiger partial charge in [-0.1, -0.05) is 20.8 Å². The summed E-state index contributed by atoms with van der Waals surface area (Å²) in [6.45, 7) is 7.85. The number of carboxylic acid groups (broad SMARTS) is 1. The molecule has 0 aromatic heterocycles. The number of carbonyl (C=O) groups excluding carboxylic acids is 1. The van der Waals surface area contributed by atoms with Crippen molar-refractivity contribution in [2.75, 3.05) is 13.1 Å². The summed E-state index contributed by atoms with van der Waals surface area (Å²) in [5.41, 5.74) is 0. The van der Waals surface area contributed by atoms with Crippen LogP contribution in [0.5, 0.6) is 0 Å². The molecule has 5 nitrogen and oxygen atoms in total. The van der Waals surface area contributed by atoms with Crippen LogP contribution in [0, 0.1) is 5.92 Å². The molecular formula is C14H26N2O3. The fourth-order valence-electron chi connectivity index (χ4n) is 2.64. The number of hydrogen-bond acceptors (Lipinski definition) is 3. The van der Waals surface area contributed by atoms with Crippen molar-refractivity contribution < 1.29 is 14.7 Å². The van der Waals surface area contributed by atoms with Gasteiger partial charge in [-0.3, -0.25) is 9.69 Å². The van der Waals surface area contributed by atoms with Crippen LogP contribution in [-0.2, 0) is 9.59 Å². The second-order valence-electron chi connectivity index (χ2n) is 5.72. The van der Waals surface area contributed by atoms with Crippen LogP contribution in [0.2, 0.25) is 0 Å². The third-order valence-corrected chi connectivity index (χ3v) is 3.50. The number of amides is 1. The summed E-state index contributed by atoms with van der Waals surface area (Å²) in [6.07, 6.45) is 3.33. The van der Waals surface area contributed by atoms with Gasteiger partial charge in [0.2, 0.25) is 5.91 Å². The summed E-state index contributed by atoms with van der Waals surface area (Å²) in [6, 6.07) is -0.912. The van der Waals surface area contributed by atoms with Crippen LogP contribution >= 0.6 is 0 Å². The van der Waals surface area contributed by atoms with Gasteiger partial charge in [0.1, 0.15) is 6.04 Å². The molecule has 1 heterocycles. The van der Waals surface area contributed by atoms with Gasteiger partial charge in [0.25, 0.3) is 0 Å². The third-order valence-electron chi connectivity index (χ3n) is 3.50. The van der Waals surface area contributed by atoms with Crippen molar-refractivity contribution in [2.24, 2.45) is 5.92 Å². The van der Waals surface area contributed by atoms with E-state index >= 15 is 0 Å². The maximum Gasteiger partial charge on any atom is 0.326 e. The summed E-state index contributed by atoms with van der Waals surface area (Å²) in [7, 11) is 0. The summed E-state index contributed by atoms with van der Waals surface area (Å²) < 4.78 is 0. The molecule has 0 aromatic carbocycles. The fourth-order valence-corrected chi connectivity index (χ4v) is 2.64. The van der Waals surface area contributed by atoms with Crippen LogP contribution in [0.1, 0.15) is 46.5 Å². The van der Waals surface area contributed by atoms with Gasteiger partial charge >= 0.3 is 5.97 Å². The molecule has 2 atom stereocenters. The van der Waals surface area contributed by atoms with E-state index in [1.165, 1.54) is 0 Å². The molecule has 0 bridgehead atoms. The lowest BCUT2D eigenvalue weighted by atomic mass is 10.0. The normalized spacial score (nSPS) is 21.6. The zero-order valence-electron chi connectivity index (χ0n) is 12.2. The van der Waals surface area contributed by atoms with Crippen LogP contribution in [0.3, 0.4) is 0 Å². The van der Waals surface area contributed by atoms with Crippen molar-refractivity contribution in [1.29, 1.82) is 0 Å². The van der Waals surface area contributed by atoms with Crippen LogP contribution in [0.4, 0.5) is 0 Å². The van der Waals surface area contributed by atoms with Crippen molar-refractivity contribution in [3.63, 3.8) is 0 Å². The van der Waals surface area contributed by atoms with Crippen molar-refractivity contribution in [3.8, 4) is 0 Å². The Bertz CT molecular complexity index is 318. The first kappa shape index (κ1) is 16.0. The lowest BCUT2D eigenvalue weighted by Crippen LogP contribution is -2.50. The second kappa shape index (κ2) is 7.48. The van der Waals surface area contributed by atoms with Crippen LogP contribution in [0.15, 0.2) is 0 Å². The largest absolute Gasteiger partial charge is 0.480 e. The highest BCUT2D eigenvalue weighted by atomic mass is 16.4. The maximum atomic E-state index is 12.2. The molecule has 1 fully saturated rings.